The molecule has 0 heterocycles. The fraction of sp³-hybridized carbons (Fsp3) is 0.231. The molecule has 0 saturated carbocycles. The summed E-state index contributed by atoms with van der Waals surface area (Å²) < 4.78 is 0. The van der Waals surface area contributed by atoms with Crippen molar-refractivity contribution < 1.29 is 0 Å². The van der Waals surface area contributed by atoms with Crippen molar-refractivity contribution in [3.63, 3.8) is 0 Å². The molecule has 3 aromatic carbocycles. The normalized spacial score (nSPS) is 10.8. The van der Waals surface area contributed by atoms with E-state index >= 15 is 0 Å². The molecular weight excluding hydrogens is 468 g/mol. The highest BCUT2D eigenvalue weighted by molar-refractivity contribution is 5.68. The Morgan fingerprint density at radius 2 is 1.13 bits per heavy atom. The van der Waals surface area contributed by atoms with Gasteiger partial charge < -0.3 is 0 Å². The molecule has 3 aromatic rings. The van der Waals surface area contributed by atoms with Crippen LogP contribution in [0.3, 0.4) is 0 Å². The molecular formula is C39H48. The summed E-state index contributed by atoms with van der Waals surface area (Å²) >= 11 is 0. The molecule has 0 spiro atoms. The van der Waals surface area contributed by atoms with Gasteiger partial charge in [0.05, 0.1) is 0 Å². The summed E-state index contributed by atoms with van der Waals surface area (Å²) in [5.41, 5.74) is 14.9. The Balaban J connectivity index is 0.000000294. The van der Waals surface area contributed by atoms with E-state index in [-0.39, 0.29) is 0 Å². The minimum Gasteiger partial charge on any atom is -0.0988 e. The van der Waals surface area contributed by atoms with Crippen LogP contribution in [0.25, 0.3) is 16.7 Å². The molecule has 0 unspecified atom stereocenters. The zero-order chi connectivity index (χ0) is 29.5. The first-order valence-corrected chi connectivity index (χ1v) is 13.6. The van der Waals surface area contributed by atoms with Gasteiger partial charge in [0, 0.05) is 0 Å². The number of rotatable bonds is 6. The third kappa shape index (κ3) is 11.2. The molecule has 0 nitrogen and oxygen atoms in total. The van der Waals surface area contributed by atoms with Crippen LogP contribution < -0.4 is 0 Å². The highest BCUT2D eigenvalue weighted by atomic mass is 14.1. The molecule has 0 atom stereocenters. The van der Waals surface area contributed by atoms with Crippen LogP contribution in [-0.4, -0.2) is 0 Å². The number of hydrogen-bond donors (Lipinski definition) is 0. The van der Waals surface area contributed by atoms with Crippen molar-refractivity contribution >= 4 is 5.57 Å². The maximum Gasteiger partial charge on any atom is -0.0162 e. The van der Waals surface area contributed by atoms with E-state index in [9.17, 15) is 0 Å². The van der Waals surface area contributed by atoms with Crippen LogP contribution in [0.5, 0.6) is 0 Å². The number of hydrogen-bond acceptors (Lipinski definition) is 0. The third-order valence-corrected chi connectivity index (χ3v) is 6.64. The van der Waals surface area contributed by atoms with Crippen LogP contribution in [0.2, 0.25) is 0 Å². The number of allylic oxidation sites excluding steroid dienone is 9. The largest absolute Gasteiger partial charge is 0.0988 e. The Morgan fingerprint density at radius 1 is 0.667 bits per heavy atom. The van der Waals surface area contributed by atoms with Crippen LogP contribution >= 0.6 is 0 Å². The van der Waals surface area contributed by atoms with E-state index in [0.717, 1.165) is 22.3 Å². The quantitative estimate of drug-likeness (QED) is 0.286. The van der Waals surface area contributed by atoms with Gasteiger partial charge in [-0.1, -0.05) is 133 Å². The summed E-state index contributed by atoms with van der Waals surface area (Å²) in [7, 11) is 0. The van der Waals surface area contributed by atoms with Gasteiger partial charge in [-0.25, -0.2) is 0 Å². The third-order valence-electron chi connectivity index (χ3n) is 6.64. The predicted octanol–water partition coefficient (Wildman–Crippen LogP) is 12.0. The molecule has 0 aromatic heterocycles. The molecule has 0 amide bonds. The summed E-state index contributed by atoms with van der Waals surface area (Å²) in [5.74, 6) is 0. The smallest absolute Gasteiger partial charge is 0.0162 e. The molecule has 0 fully saturated rings. The molecule has 0 aliphatic rings. The Morgan fingerprint density at radius 3 is 1.49 bits per heavy atom. The average Bonchev–Trinajstić information content (AvgIpc) is 2.92. The molecule has 0 bridgehead atoms. The monoisotopic (exact) mass is 516 g/mol. The predicted molar refractivity (Wildman–Crippen MR) is 178 cm³/mol. The maximum absolute atomic E-state index is 3.99. The lowest BCUT2D eigenvalue weighted by Gasteiger charge is -2.08. The molecule has 0 aliphatic heterocycles. The summed E-state index contributed by atoms with van der Waals surface area (Å²) in [5, 5.41) is 0. The van der Waals surface area contributed by atoms with Gasteiger partial charge in [-0.3, -0.25) is 0 Å². The lowest BCUT2D eigenvalue weighted by Crippen LogP contribution is -1.89. The van der Waals surface area contributed by atoms with Gasteiger partial charge in [-0.2, -0.15) is 0 Å². The summed E-state index contributed by atoms with van der Waals surface area (Å²) in [6.45, 7) is 30.4. The van der Waals surface area contributed by atoms with Gasteiger partial charge in [0.1, 0.15) is 0 Å². The fourth-order valence-corrected chi connectivity index (χ4v) is 3.73. The number of aryl methyl sites for hydroxylation is 3. The lowest BCUT2D eigenvalue weighted by molar-refractivity contribution is 1.33. The molecule has 0 heteroatoms. The lowest BCUT2D eigenvalue weighted by atomic mass is 9.97. The SMILES string of the molecule is C=C/C(C)=C(\C=C/C)C(=C)C(=C)C.CC(C)=C(C)c1ccccc1C.Cc1ccc(-c2ccc(C)cc2)cc1. The Kier molecular flexibility index (Phi) is 14.3. The van der Waals surface area contributed by atoms with Gasteiger partial charge in [0.2, 0.25) is 0 Å². The zero-order valence-electron chi connectivity index (χ0n) is 25.8. The number of benzene rings is 3. The maximum atomic E-state index is 3.99. The van der Waals surface area contributed by atoms with Crippen molar-refractivity contribution in [2.24, 2.45) is 0 Å². The molecule has 0 saturated heterocycles. The van der Waals surface area contributed by atoms with Crippen LogP contribution in [0, 0.1) is 20.8 Å². The first kappa shape index (κ1) is 33.1. The molecule has 0 N–H and O–H groups in total. The minimum atomic E-state index is 0.982. The van der Waals surface area contributed by atoms with Gasteiger partial charge in [-0.05, 0) is 107 Å². The highest BCUT2D eigenvalue weighted by Crippen LogP contribution is 2.22. The molecule has 3 rings (SSSR count). The fourth-order valence-electron chi connectivity index (χ4n) is 3.73. The Bertz CT molecular complexity index is 1290. The average molecular weight is 517 g/mol. The van der Waals surface area contributed by atoms with Crippen LogP contribution in [-0.2, 0) is 0 Å². The van der Waals surface area contributed by atoms with E-state index in [1.807, 2.05) is 39.0 Å². The van der Waals surface area contributed by atoms with E-state index in [1.54, 1.807) is 0 Å². The van der Waals surface area contributed by atoms with Crippen molar-refractivity contribution in [3.8, 4) is 11.1 Å². The second-order valence-electron chi connectivity index (χ2n) is 10.2. The van der Waals surface area contributed by atoms with Crippen molar-refractivity contribution in [2.75, 3.05) is 0 Å². The topological polar surface area (TPSA) is 0 Å². The van der Waals surface area contributed by atoms with Crippen LogP contribution in [0.4, 0.5) is 0 Å². The summed E-state index contributed by atoms with van der Waals surface area (Å²) in [6.07, 6.45) is 5.87. The summed E-state index contributed by atoms with van der Waals surface area (Å²) in [6, 6.07) is 25.8. The van der Waals surface area contributed by atoms with E-state index in [1.165, 1.54) is 44.5 Å². The first-order valence-electron chi connectivity index (χ1n) is 13.6. The van der Waals surface area contributed by atoms with Gasteiger partial charge in [-0.15, -0.1) is 0 Å². The molecule has 0 radical (unpaired) electrons. The summed E-state index contributed by atoms with van der Waals surface area (Å²) in [4.78, 5) is 0. The highest BCUT2D eigenvalue weighted by Gasteiger charge is 2.02. The molecule has 204 valence electrons. The van der Waals surface area contributed by atoms with Crippen molar-refractivity contribution in [3.05, 3.63) is 161 Å². The van der Waals surface area contributed by atoms with Crippen molar-refractivity contribution in [1.82, 2.24) is 0 Å². The van der Waals surface area contributed by atoms with Crippen LogP contribution in [0.15, 0.2) is 139 Å². The van der Waals surface area contributed by atoms with Gasteiger partial charge in [0.15, 0.2) is 0 Å². The zero-order valence-corrected chi connectivity index (χ0v) is 25.8. The Labute approximate surface area is 239 Å². The molecule has 0 aliphatic carbocycles. The van der Waals surface area contributed by atoms with E-state index in [0.29, 0.717) is 0 Å². The second-order valence-corrected chi connectivity index (χ2v) is 10.2. The second kappa shape index (κ2) is 16.8. The minimum absolute atomic E-state index is 0.982. The standard InChI is InChI=1S/C14H14.C13H18.C12H16/c1-11-3-7-13(8-4-11)14-9-5-12(2)6-10-14;1-7-9-13(11(5)8-2)12(6)10(3)4;1-9(2)11(4)12-8-6-5-7-10(12)3/h3-10H,1-2H3;7-9H,2-3,6H2,1,4-5H3;5-8H,1-4H3/b;9-7-,13-11+;. The van der Waals surface area contributed by atoms with E-state index in [2.05, 4.69) is 134 Å². The van der Waals surface area contributed by atoms with Crippen LogP contribution in [0.1, 0.15) is 63.8 Å². The first-order chi connectivity index (χ1) is 18.4. The van der Waals surface area contributed by atoms with E-state index in [4.69, 9.17) is 0 Å². The van der Waals surface area contributed by atoms with Gasteiger partial charge >= 0.3 is 0 Å². The Hall–Kier alpha value is -3.90. The van der Waals surface area contributed by atoms with Crippen molar-refractivity contribution in [1.29, 1.82) is 0 Å². The molecule has 39 heavy (non-hydrogen) atoms. The van der Waals surface area contributed by atoms with Crippen molar-refractivity contribution in [2.45, 2.75) is 62.3 Å². The van der Waals surface area contributed by atoms with Gasteiger partial charge in [0.25, 0.3) is 0 Å². The van der Waals surface area contributed by atoms with E-state index < -0.39 is 0 Å².